The van der Waals surface area contributed by atoms with E-state index in [4.69, 9.17) is 4.42 Å². The number of nitrogens with one attached hydrogen (secondary N) is 3. The molecule has 3 rings (SSSR count). The third kappa shape index (κ3) is 5.00. The number of hydrogen-bond acceptors (Lipinski definition) is 4. The maximum atomic E-state index is 13.6. The van der Waals surface area contributed by atoms with E-state index in [9.17, 15) is 8.78 Å². The zero-order chi connectivity index (χ0) is 17.6. The van der Waals surface area contributed by atoms with Crippen molar-refractivity contribution in [2.45, 2.75) is 13.1 Å². The van der Waals surface area contributed by atoms with Gasteiger partial charge in [0, 0.05) is 19.2 Å². The van der Waals surface area contributed by atoms with Crippen molar-refractivity contribution in [3.8, 4) is 11.6 Å². The lowest BCUT2D eigenvalue weighted by Gasteiger charge is -2.11. The van der Waals surface area contributed by atoms with Crippen LogP contribution < -0.4 is 10.6 Å². The number of H-pyrrole nitrogens is 1. The van der Waals surface area contributed by atoms with Gasteiger partial charge in [0.1, 0.15) is 17.5 Å². The zero-order valence-corrected chi connectivity index (χ0v) is 16.1. The molecule has 2 heterocycles. The van der Waals surface area contributed by atoms with Crippen LogP contribution in [0.1, 0.15) is 11.4 Å². The fourth-order valence-corrected chi connectivity index (χ4v) is 2.14. The van der Waals surface area contributed by atoms with Crippen LogP contribution in [-0.2, 0) is 13.1 Å². The molecule has 0 amide bonds. The average Bonchev–Trinajstić information content (AvgIpc) is 3.29. The first-order chi connectivity index (χ1) is 12.2. The van der Waals surface area contributed by atoms with Crippen LogP contribution in [0.4, 0.5) is 8.78 Å². The Morgan fingerprint density at radius 2 is 2.04 bits per heavy atom. The molecule has 2 aromatic heterocycles. The molecule has 0 spiro atoms. The van der Waals surface area contributed by atoms with Gasteiger partial charge in [-0.3, -0.25) is 10.1 Å². The Labute approximate surface area is 165 Å². The molecule has 0 atom stereocenters. The van der Waals surface area contributed by atoms with Gasteiger partial charge in [0.15, 0.2) is 11.7 Å². The lowest BCUT2D eigenvalue weighted by molar-refractivity contribution is 0.577. The highest BCUT2D eigenvalue weighted by Gasteiger charge is 2.09. The number of rotatable bonds is 5. The van der Waals surface area contributed by atoms with Crippen molar-refractivity contribution in [2.75, 3.05) is 7.05 Å². The molecule has 0 unspecified atom stereocenters. The van der Waals surface area contributed by atoms with Gasteiger partial charge < -0.3 is 15.1 Å². The smallest absolute Gasteiger partial charge is 0.216 e. The van der Waals surface area contributed by atoms with Crippen LogP contribution >= 0.6 is 24.0 Å². The maximum absolute atomic E-state index is 13.6. The van der Waals surface area contributed by atoms with E-state index in [0.717, 1.165) is 18.2 Å². The molecule has 26 heavy (non-hydrogen) atoms. The van der Waals surface area contributed by atoms with Crippen LogP contribution in [0, 0.1) is 11.6 Å². The lowest BCUT2D eigenvalue weighted by Crippen LogP contribution is -2.36. The minimum absolute atomic E-state index is 0. The molecule has 0 saturated carbocycles. The summed E-state index contributed by atoms with van der Waals surface area (Å²) in [7, 11) is 1.58. The zero-order valence-electron chi connectivity index (χ0n) is 13.8. The molecule has 3 aromatic rings. The second-order valence-electron chi connectivity index (χ2n) is 5.10. The first kappa shape index (κ1) is 19.8. The van der Waals surface area contributed by atoms with E-state index >= 15 is 0 Å². The number of hydrogen-bond donors (Lipinski definition) is 3. The van der Waals surface area contributed by atoms with Gasteiger partial charge in [0.05, 0.1) is 12.8 Å². The summed E-state index contributed by atoms with van der Waals surface area (Å²) in [6.07, 6.45) is 1.54. The van der Waals surface area contributed by atoms with Crippen molar-refractivity contribution in [3.63, 3.8) is 0 Å². The second-order valence-corrected chi connectivity index (χ2v) is 5.10. The third-order valence-corrected chi connectivity index (χ3v) is 3.37. The van der Waals surface area contributed by atoms with Gasteiger partial charge in [-0.25, -0.2) is 13.8 Å². The van der Waals surface area contributed by atoms with Gasteiger partial charge in [-0.15, -0.1) is 29.1 Å². The normalized spacial score (nSPS) is 11.1. The Balaban J connectivity index is 0.00000243. The molecule has 138 valence electrons. The molecule has 10 heteroatoms. The number of guanidine groups is 1. The van der Waals surface area contributed by atoms with Gasteiger partial charge in [0.2, 0.25) is 5.82 Å². The monoisotopic (exact) mass is 474 g/mol. The van der Waals surface area contributed by atoms with Crippen molar-refractivity contribution in [1.82, 2.24) is 25.8 Å². The van der Waals surface area contributed by atoms with Crippen LogP contribution in [0.3, 0.4) is 0 Å². The van der Waals surface area contributed by atoms with Gasteiger partial charge >= 0.3 is 0 Å². The van der Waals surface area contributed by atoms with Crippen molar-refractivity contribution in [3.05, 3.63) is 59.6 Å². The van der Waals surface area contributed by atoms with E-state index in [1.54, 1.807) is 25.4 Å². The Morgan fingerprint density at radius 1 is 1.23 bits per heavy atom. The third-order valence-electron chi connectivity index (χ3n) is 3.37. The Hall–Kier alpha value is -2.50. The number of benzene rings is 1. The summed E-state index contributed by atoms with van der Waals surface area (Å²) in [5.74, 6) is 1.03. The number of halogens is 3. The Bertz CT molecular complexity index is 866. The van der Waals surface area contributed by atoms with E-state index in [1.807, 2.05) is 0 Å². The van der Waals surface area contributed by atoms with Crippen LogP contribution in [-0.4, -0.2) is 28.2 Å². The molecule has 0 saturated heterocycles. The molecular weight excluding hydrogens is 457 g/mol. The SMILES string of the molecule is CN=C(NCc1nc(-c2ccco2)n[nH]1)NCc1cc(F)ccc1F.I. The van der Waals surface area contributed by atoms with Gasteiger partial charge in [-0.1, -0.05) is 0 Å². The summed E-state index contributed by atoms with van der Waals surface area (Å²) in [6.45, 7) is 0.413. The fraction of sp³-hybridized carbons (Fsp3) is 0.188. The molecule has 1 aromatic carbocycles. The first-order valence-electron chi connectivity index (χ1n) is 7.49. The molecule has 0 aliphatic heterocycles. The first-order valence-corrected chi connectivity index (χ1v) is 7.49. The fourth-order valence-electron chi connectivity index (χ4n) is 2.14. The largest absolute Gasteiger partial charge is 0.461 e. The highest BCUT2D eigenvalue weighted by Crippen LogP contribution is 2.14. The van der Waals surface area contributed by atoms with Crippen molar-refractivity contribution in [1.29, 1.82) is 0 Å². The standard InChI is InChI=1S/C16H16F2N6O.HI/c1-19-16(20-8-10-7-11(17)4-5-12(10)18)21-9-14-22-15(24-23-14)13-3-2-6-25-13;/h2-7H,8-9H2,1H3,(H2,19,20,21)(H,22,23,24);1H. The van der Waals surface area contributed by atoms with Gasteiger partial charge in [0.25, 0.3) is 0 Å². The van der Waals surface area contributed by atoms with Crippen molar-refractivity contribution < 1.29 is 13.2 Å². The van der Waals surface area contributed by atoms with Crippen molar-refractivity contribution in [2.24, 2.45) is 4.99 Å². The minimum Gasteiger partial charge on any atom is -0.461 e. The van der Waals surface area contributed by atoms with Crippen molar-refractivity contribution >= 4 is 29.9 Å². The molecule has 7 nitrogen and oxygen atoms in total. The minimum atomic E-state index is -0.492. The van der Waals surface area contributed by atoms with E-state index < -0.39 is 11.6 Å². The van der Waals surface area contributed by atoms with Crippen LogP contribution in [0.2, 0.25) is 0 Å². The molecule has 0 aliphatic carbocycles. The average molecular weight is 474 g/mol. The van der Waals surface area contributed by atoms with E-state index in [2.05, 4.69) is 30.8 Å². The summed E-state index contributed by atoms with van der Waals surface area (Å²) < 4.78 is 32.0. The van der Waals surface area contributed by atoms with Crippen LogP contribution in [0.5, 0.6) is 0 Å². The number of aromatic amines is 1. The summed E-state index contributed by atoms with van der Waals surface area (Å²) in [4.78, 5) is 8.31. The molecule has 0 aliphatic rings. The summed E-state index contributed by atoms with van der Waals surface area (Å²) in [5, 5.41) is 12.8. The Kier molecular flexibility index (Phi) is 7.06. The van der Waals surface area contributed by atoms with E-state index in [0.29, 0.717) is 29.9 Å². The molecule has 0 fully saturated rings. The second kappa shape index (κ2) is 9.27. The summed E-state index contributed by atoms with van der Waals surface area (Å²) in [6, 6.07) is 6.82. The summed E-state index contributed by atoms with van der Waals surface area (Å²) >= 11 is 0. The predicted molar refractivity (Wildman–Crippen MR) is 103 cm³/mol. The van der Waals surface area contributed by atoms with Crippen LogP contribution in [0.15, 0.2) is 46.0 Å². The number of nitrogens with zero attached hydrogens (tertiary/aromatic N) is 3. The topological polar surface area (TPSA) is 91.1 Å². The number of aliphatic imine (C=N–C) groups is 1. The molecular formula is C16H17F2IN6O. The molecule has 0 bridgehead atoms. The van der Waals surface area contributed by atoms with E-state index in [-0.39, 0.29) is 36.1 Å². The highest BCUT2D eigenvalue weighted by molar-refractivity contribution is 14.0. The molecule has 0 radical (unpaired) electrons. The lowest BCUT2D eigenvalue weighted by atomic mass is 10.2. The number of furan rings is 1. The highest BCUT2D eigenvalue weighted by atomic mass is 127. The maximum Gasteiger partial charge on any atom is 0.216 e. The number of aromatic nitrogens is 3. The Morgan fingerprint density at radius 3 is 2.77 bits per heavy atom. The quantitative estimate of drug-likeness (QED) is 0.301. The molecule has 3 N–H and O–H groups in total. The van der Waals surface area contributed by atoms with Crippen LogP contribution in [0.25, 0.3) is 11.6 Å². The van der Waals surface area contributed by atoms with Gasteiger partial charge in [-0.2, -0.15) is 0 Å². The van der Waals surface area contributed by atoms with E-state index in [1.165, 1.54) is 0 Å². The predicted octanol–water partition coefficient (Wildman–Crippen LogP) is 2.83. The van der Waals surface area contributed by atoms with Gasteiger partial charge in [-0.05, 0) is 30.3 Å². The summed E-state index contributed by atoms with van der Waals surface area (Å²) in [5.41, 5.74) is 0.211.